The van der Waals surface area contributed by atoms with Crippen molar-refractivity contribution in [3.05, 3.63) is 166 Å². The van der Waals surface area contributed by atoms with Gasteiger partial charge in [0.2, 0.25) is 0 Å². The van der Waals surface area contributed by atoms with Crippen LogP contribution < -0.4 is 18.9 Å². The van der Waals surface area contributed by atoms with Gasteiger partial charge in [0.05, 0.1) is 97.7 Å². The fourth-order valence-corrected chi connectivity index (χ4v) is 12.1. The summed E-state index contributed by atoms with van der Waals surface area (Å²) < 4.78 is 92.6. The van der Waals surface area contributed by atoms with Gasteiger partial charge in [-0.3, -0.25) is 19.1 Å². The third-order valence-corrected chi connectivity index (χ3v) is 17.4. The van der Waals surface area contributed by atoms with E-state index in [4.69, 9.17) is 28.4 Å². The van der Waals surface area contributed by atoms with Crippen molar-refractivity contribution >= 4 is 19.7 Å². The molecule has 0 amide bonds. The lowest BCUT2D eigenvalue weighted by molar-refractivity contribution is 0.102. The lowest BCUT2D eigenvalue weighted by atomic mass is 9.99. The number of nitrogens with zero attached hydrogens (tertiary/aromatic N) is 12. The molecule has 82 heavy (non-hydrogen) atoms. The zero-order chi connectivity index (χ0) is 59.5. The van der Waals surface area contributed by atoms with E-state index in [0.717, 1.165) is 11.1 Å². The van der Waals surface area contributed by atoms with E-state index in [-0.39, 0.29) is 33.9 Å². The summed E-state index contributed by atoms with van der Waals surface area (Å²) in [5, 5.41) is 52.9. The number of pyridine rings is 2. The number of methoxy groups -OCH3 is 6. The molecule has 4 atom stereocenters. The highest BCUT2D eigenvalue weighted by atomic mass is 32.2. The Kier molecular flexibility index (Phi) is 19.2. The molecule has 8 aromatic rings. The Morgan fingerprint density at radius 2 is 0.841 bits per heavy atom. The van der Waals surface area contributed by atoms with Crippen molar-refractivity contribution in [3.63, 3.8) is 0 Å². The van der Waals surface area contributed by atoms with Gasteiger partial charge in [-0.15, -0.1) is 20.4 Å². The minimum Gasteiger partial charge on any atom is -0.494 e. The van der Waals surface area contributed by atoms with E-state index in [9.17, 15) is 37.9 Å². The third kappa shape index (κ3) is 12.6. The van der Waals surface area contributed by atoms with Crippen molar-refractivity contribution < 1.29 is 45.3 Å². The van der Waals surface area contributed by atoms with Crippen LogP contribution in [0.15, 0.2) is 110 Å². The van der Waals surface area contributed by atoms with Crippen LogP contribution in [0.1, 0.15) is 82.2 Å². The molecule has 0 saturated heterocycles. The van der Waals surface area contributed by atoms with Gasteiger partial charge in [-0.2, -0.15) is 21.0 Å². The summed E-state index contributed by atoms with van der Waals surface area (Å²) in [6, 6.07) is 31.2. The van der Waals surface area contributed by atoms with Crippen LogP contribution in [-0.4, -0.2) is 109 Å². The number of benzene rings is 4. The summed E-state index contributed by atoms with van der Waals surface area (Å²) in [6.07, 6.45) is 4.66. The number of aryl methyl sites for hydroxylation is 2. The number of sulfone groups is 2. The molecule has 420 valence electrons. The first-order valence-electron chi connectivity index (χ1n) is 24.9. The van der Waals surface area contributed by atoms with Gasteiger partial charge in [0.15, 0.2) is 43.0 Å². The summed E-state index contributed by atoms with van der Waals surface area (Å²) >= 11 is 0. The molecule has 4 aromatic carbocycles. The molecule has 22 nitrogen and oxygen atoms in total. The predicted octanol–water partition coefficient (Wildman–Crippen LogP) is 8.18. The molecule has 0 bridgehead atoms. The van der Waals surface area contributed by atoms with Crippen molar-refractivity contribution in [2.24, 2.45) is 0 Å². The molecule has 0 aliphatic rings. The minimum atomic E-state index is -3.98. The normalized spacial score (nSPS) is 12.7. The number of ether oxygens (including phenoxy) is 6. The number of hydrogen-bond acceptors (Lipinski definition) is 20. The van der Waals surface area contributed by atoms with Gasteiger partial charge in [-0.05, 0) is 111 Å². The SMILES string of the molecule is COc1cccc(OC)c1-n1c(CS(=O)(=O)[C@@H](C)[C@H](OC)c2ccc(C#N)cc2C#N)nnc1-c1cncc(C)c1.COc1cccc(OC)c1-n1c(CS(=O)(=O)[C@H](C)[C@@H](OC)c2ccc(C#N)cc2C#N)nnc1-c1cncc(C)c1. The van der Waals surface area contributed by atoms with Crippen molar-refractivity contribution in [1.82, 2.24) is 39.5 Å². The molecular formula is C58H56N12O10S2. The fourth-order valence-electron chi connectivity index (χ4n) is 9.21. The number of hydrogen-bond donors (Lipinski definition) is 0. The van der Waals surface area contributed by atoms with Gasteiger partial charge in [-0.25, -0.2) is 16.8 Å². The smallest absolute Gasteiger partial charge is 0.170 e. The Morgan fingerprint density at radius 1 is 0.488 bits per heavy atom. The van der Waals surface area contributed by atoms with E-state index >= 15 is 0 Å². The number of rotatable bonds is 20. The van der Waals surface area contributed by atoms with E-state index in [0.29, 0.717) is 68.3 Å². The molecule has 4 heterocycles. The summed E-state index contributed by atoms with van der Waals surface area (Å²) in [6.45, 7) is 6.80. The van der Waals surface area contributed by atoms with Gasteiger partial charge < -0.3 is 28.4 Å². The van der Waals surface area contributed by atoms with Crippen LogP contribution in [0, 0.1) is 59.2 Å². The zero-order valence-corrected chi connectivity index (χ0v) is 48.0. The zero-order valence-electron chi connectivity index (χ0n) is 46.4. The first-order chi connectivity index (χ1) is 39.4. The molecule has 0 aliphatic carbocycles. The average molecular weight is 1150 g/mol. The van der Waals surface area contributed by atoms with E-state index in [1.807, 2.05) is 50.3 Å². The number of para-hydroxylation sites is 2. The van der Waals surface area contributed by atoms with Gasteiger partial charge >= 0.3 is 0 Å². The Bertz CT molecular complexity index is 3760. The standard InChI is InChI=1S/2C29H28N6O5S/c2*1-18-11-22(16-32-15-18)29-34-33-26(35(29)27-24(38-3)7-6-8-25(27)39-4)17-41(36,37)19(2)28(40-5)23-10-9-20(13-30)12-21(23)14-31/h2*6-12,15-16,19,28H,17H2,1-5H3/t2*19-,28-/m10/s1. The summed E-state index contributed by atoms with van der Waals surface area (Å²) in [5.41, 5.74) is 5.48. The first kappa shape index (κ1) is 60.1. The molecule has 4 aromatic heterocycles. The lowest BCUT2D eigenvalue weighted by Crippen LogP contribution is -2.29. The minimum absolute atomic E-state index is 0.117. The Hall–Kier alpha value is -9.56. The second-order valence-corrected chi connectivity index (χ2v) is 23.2. The van der Waals surface area contributed by atoms with Crippen LogP contribution in [0.3, 0.4) is 0 Å². The van der Waals surface area contributed by atoms with E-state index in [2.05, 4.69) is 30.4 Å². The molecular weight excluding hydrogens is 1090 g/mol. The van der Waals surface area contributed by atoms with Crippen LogP contribution in [-0.2, 0) is 40.7 Å². The molecule has 0 unspecified atom stereocenters. The van der Waals surface area contributed by atoms with Crippen molar-refractivity contribution in [2.45, 2.75) is 61.9 Å². The van der Waals surface area contributed by atoms with Crippen LogP contribution in [0.5, 0.6) is 23.0 Å². The summed E-state index contributed by atoms with van der Waals surface area (Å²) in [4.78, 5) is 8.53. The van der Waals surface area contributed by atoms with Crippen molar-refractivity contribution in [1.29, 1.82) is 21.0 Å². The molecule has 0 spiro atoms. The van der Waals surface area contributed by atoms with Crippen LogP contribution in [0.25, 0.3) is 34.2 Å². The fraction of sp³-hybridized carbons (Fsp3) is 0.276. The highest BCUT2D eigenvalue weighted by Gasteiger charge is 2.37. The molecule has 0 aliphatic heterocycles. The van der Waals surface area contributed by atoms with E-state index < -0.39 is 53.9 Å². The highest BCUT2D eigenvalue weighted by Crippen LogP contribution is 2.40. The molecule has 0 radical (unpaired) electrons. The topological polar surface area (TPSA) is 306 Å². The van der Waals surface area contributed by atoms with Crippen molar-refractivity contribution in [3.8, 4) is 81.4 Å². The monoisotopic (exact) mass is 1140 g/mol. The maximum Gasteiger partial charge on any atom is 0.170 e. The first-order valence-corrected chi connectivity index (χ1v) is 28.3. The molecule has 0 saturated carbocycles. The van der Waals surface area contributed by atoms with Crippen LogP contribution in [0.4, 0.5) is 0 Å². The second kappa shape index (κ2) is 26.1. The largest absolute Gasteiger partial charge is 0.494 e. The highest BCUT2D eigenvalue weighted by molar-refractivity contribution is 7.91. The van der Waals surface area contributed by atoms with E-state index in [1.54, 1.807) is 82.5 Å². The van der Waals surface area contributed by atoms with Crippen molar-refractivity contribution in [2.75, 3.05) is 42.7 Å². The predicted molar refractivity (Wildman–Crippen MR) is 300 cm³/mol. The maximum absolute atomic E-state index is 13.9. The maximum atomic E-state index is 13.9. The molecule has 0 N–H and O–H groups in total. The average Bonchev–Trinajstić information content (AvgIpc) is 4.25. The third-order valence-electron chi connectivity index (χ3n) is 13.4. The van der Waals surface area contributed by atoms with Gasteiger partial charge in [0.1, 0.15) is 45.9 Å². The van der Waals surface area contributed by atoms with Crippen LogP contribution in [0.2, 0.25) is 0 Å². The molecule has 8 rings (SSSR count). The molecule has 24 heteroatoms. The lowest BCUT2D eigenvalue weighted by Gasteiger charge is -2.24. The molecule has 0 fully saturated rings. The number of nitriles is 4. The van der Waals surface area contributed by atoms with Gasteiger partial charge in [0.25, 0.3) is 0 Å². The van der Waals surface area contributed by atoms with Gasteiger partial charge in [-0.1, -0.05) is 24.3 Å². The summed E-state index contributed by atoms with van der Waals surface area (Å²) in [5.74, 6) is 1.59. The second-order valence-electron chi connectivity index (χ2n) is 18.5. The Labute approximate surface area is 475 Å². The Balaban J connectivity index is 0.000000236. The van der Waals surface area contributed by atoms with Gasteiger partial charge in [0, 0.05) is 50.1 Å². The van der Waals surface area contributed by atoms with E-state index in [1.165, 1.54) is 80.8 Å². The Morgan fingerprint density at radius 3 is 1.13 bits per heavy atom. The number of aromatic nitrogens is 8. The van der Waals surface area contributed by atoms with Crippen LogP contribution >= 0.6 is 0 Å². The summed E-state index contributed by atoms with van der Waals surface area (Å²) in [7, 11) is 0.802. The quantitative estimate of drug-likeness (QED) is 0.0694.